The van der Waals surface area contributed by atoms with Crippen molar-refractivity contribution >= 4 is 11.9 Å². The van der Waals surface area contributed by atoms with Gasteiger partial charge in [0.1, 0.15) is 17.9 Å². The Kier molecular flexibility index (Phi) is 6.92. The molecule has 0 atom stereocenters. The van der Waals surface area contributed by atoms with Crippen LogP contribution in [0.5, 0.6) is 5.75 Å². The third-order valence-corrected chi connectivity index (χ3v) is 5.23. The molecule has 0 bridgehead atoms. The summed E-state index contributed by atoms with van der Waals surface area (Å²) >= 11 is 0. The molecule has 2 aromatic carbocycles. The molecular weight excluding hydrogens is 413 g/mol. The number of rotatable bonds is 7. The molecule has 0 unspecified atom stereocenters. The average molecular weight is 439 g/mol. The van der Waals surface area contributed by atoms with E-state index in [1.807, 2.05) is 25.1 Å². The van der Waals surface area contributed by atoms with Crippen molar-refractivity contribution in [3.63, 3.8) is 0 Å². The summed E-state index contributed by atoms with van der Waals surface area (Å²) in [5, 5.41) is 0. The number of nitrogens with zero attached hydrogens (tertiary/aromatic N) is 3. The average Bonchev–Trinajstić information content (AvgIpc) is 3.15. The summed E-state index contributed by atoms with van der Waals surface area (Å²) in [5.74, 6) is -0.707. The lowest BCUT2D eigenvalue weighted by Crippen LogP contribution is -2.28. The SMILES string of the molecule is CCOC(=O)c1ncn(-c2ccc(F)cc2C(=O)N(C)Cc2ccc(OC)cc2C)c1C. The quantitative estimate of drug-likeness (QED) is 0.519. The first-order valence-electron chi connectivity index (χ1n) is 10.2. The fraction of sp³-hybridized carbons (Fsp3) is 0.292. The molecular formula is C24H26FN3O4. The molecule has 0 saturated heterocycles. The number of hydrogen-bond donors (Lipinski definition) is 0. The summed E-state index contributed by atoms with van der Waals surface area (Å²) < 4.78 is 26.0. The van der Waals surface area contributed by atoms with Gasteiger partial charge in [0.25, 0.3) is 5.91 Å². The van der Waals surface area contributed by atoms with Gasteiger partial charge >= 0.3 is 5.97 Å². The minimum atomic E-state index is -0.550. The third-order valence-electron chi connectivity index (χ3n) is 5.23. The molecule has 0 aliphatic rings. The second-order valence-corrected chi connectivity index (χ2v) is 7.38. The summed E-state index contributed by atoms with van der Waals surface area (Å²) in [6.07, 6.45) is 1.43. The number of carbonyl (C=O) groups excluding carboxylic acids is 2. The van der Waals surface area contributed by atoms with Crippen molar-refractivity contribution < 1.29 is 23.5 Å². The van der Waals surface area contributed by atoms with Crippen molar-refractivity contribution in [2.75, 3.05) is 20.8 Å². The van der Waals surface area contributed by atoms with Gasteiger partial charge in [-0.15, -0.1) is 0 Å². The molecule has 7 nitrogen and oxygen atoms in total. The molecule has 3 rings (SSSR count). The van der Waals surface area contributed by atoms with Crippen LogP contribution in [-0.2, 0) is 11.3 Å². The molecule has 0 saturated carbocycles. The van der Waals surface area contributed by atoms with Crippen LogP contribution in [0.25, 0.3) is 5.69 Å². The number of ether oxygens (including phenoxy) is 2. The van der Waals surface area contributed by atoms with Crippen molar-refractivity contribution in [2.24, 2.45) is 0 Å². The number of esters is 1. The summed E-state index contributed by atoms with van der Waals surface area (Å²) in [5.41, 5.74) is 3.16. The second kappa shape index (κ2) is 9.64. The van der Waals surface area contributed by atoms with Gasteiger partial charge in [0.2, 0.25) is 0 Å². The molecule has 0 fully saturated rings. The largest absolute Gasteiger partial charge is 0.497 e. The monoisotopic (exact) mass is 439 g/mol. The van der Waals surface area contributed by atoms with E-state index in [0.29, 0.717) is 17.9 Å². The molecule has 1 heterocycles. The number of imidazole rings is 1. The molecule has 0 aliphatic carbocycles. The maximum Gasteiger partial charge on any atom is 0.358 e. The molecule has 0 N–H and O–H groups in total. The summed E-state index contributed by atoms with van der Waals surface area (Å²) in [6, 6.07) is 9.59. The highest BCUT2D eigenvalue weighted by Crippen LogP contribution is 2.23. The molecule has 32 heavy (non-hydrogen) atoms. The Balaban J connectivity index is 1.94. The van der Waals surface area contributed by atoms with E-state index in [2.05, 4.69) is 4.98 Å². The van der Waals surface area contributed by atoms with Crippen molar-refractivity contribution in [1.29, 1.82) is 0 Å². The fourth-order valence-corrected chi connectivity index (χ4v) is 3.45. The number of methoxy groups -OCH3 is 1. The smallest absolute Gasteiger partial charge is 0.358 e. The standard InChI is InChI=1S/C24H26FN3O4/c1-6-32-24(30)22-16(3)28(14-26-22)21-10-8-18(25)12-20(21)23(29)27(4)13-17-7-9-19(31-5)11-15(17)2/h7-12,14H,6,13H2,1-5H3. The highest BCUT2D eigenvalue weighted by atomic mass is 19.1. The number of amides is 1. The molecule has 1 amide bonds. The molecule has 0 spiro atoms. The van der Waals surface area contributed by atoms with Crippen LogP contribution < -0.4 is 4.74 Å². The van der Waals surface area contributed by atoms with Gasteiger partial charge in [-0.25, -0.2) is 14.2 Å². The van der Waals surface area contributed by atoms with E-state index in [9.17, 15) is 14.0 Å². The second-order valence-electron chi connectivity index (χ2n) is 7.38. The van der Waals surface area contributed by atoms with E-state index < -0.39 is 11.8 Å². The van der Waals surface area contributed by atoms with Gasteiger partial charge in [0.15, 0.2) is 5.69 Å². The Morgan fingerprint density at radius 1 is 1.16 bits per heavy atom. The van der Waals surface area contributed by atoms with Crippen LogP contribution in [0.3, 0.4) is 0 Å². The van der Waals surface area contributed by atoms with Crippen LogP contribution in [0, 0.1) is 19.7 Å². The van der Waals surface area contributed by atoms with E-state index in [1.165, 1.54) is 29.4 Å². The topological polar surface area (TPSA) is 73.7 Å². The normalized spacial score (nSPS) is 10.7. The van der Waals surface area contributed by atoms with Crippen molar-refractivity contribution in [1.82, 2.24) is 14.5 Å². The molecule has 1 aromatic heterocycles. The Morgan fingerprint density at radius 3 is 2.56 bits per heavy atom. The lowest BCUT2D eigenvalue weighted by Gasteiger charge is -2.21. The molecule has 8 heteroatoms. The van der Waals surface area contributed by atoms with Crippen LogP contribution >= 0.6 is 0 Å². The summed E-state index contributed by atoms with van der Waals surface area (Å²) in [4.78, 5) is 31.1. The zero-order valence-electron chi connectivity index (χ0n) is 18.8. The van der Waals surface area contributed by atoms with E-state index in [1.54, 1.807) is 32.6 Å². The Hall–Kier alpha value is -3.68. The van der Waals surface area contributed by atoms with Crippen molar-refractivity contribution in [3.05, 3.63) is 76.6 Å². The van der Waals surface area contributed by atoms with E-state index in [-0.39, 0.29) is 23.8 Å². The minimum Gasteiger partial charge on any atom is -0.497 e. The van der Waals surface area contributed by atoms with Crippen LogP contribution in [0.4, 0.5) is 4.39 Å². The van der Waals surface area contributed by atoms with E-state index in [4.69, 9.17) is 9.47 Å². The van der Waals surface area contributed by atoms with Gasteiger partial charge < -0.3 is 18.9 Å². The Morgan fingerprint density at radius 2 is 1.91 bits per heavy atom. The summed E-state index contributed by atoms with van der Waals surface area (Å²) in [6.45, 7) is 5.90. The minimum absolute atomic E-state index is 0.150. The Labute approximate surface area is 186 Å². The molecule has 168 valence electrons. The number of benzene rings is 2. The Bertz CT molecular complexity index is 1160. The highest BCUT2D eigenvalue weighted by molar-refractivity contribution is 5.98. The van der Waals surface area contributed by atoms with Gasteiger partial charge in [-0.1, -0.05) is 6.07 Å². The van der Waals surface area contributed by atoms with Crippen molar-refractivity contribution in [2.45, 2.75) is 27.3 Å². The summed E-state index contributed by atoms with van der Waals surface area (Å²) in [7, 11) is 3.26. The zero-order valence-corrected chi connectivity index (χ0v) is 18.8. The maximum atomic E-state index is 14.1. The molecule has 0 radical (unpaired) electrons. The van der Waals surface area contributed by atoms with Crippen LogP contribution in [-0.4, -0.2) is 47.1 Å². The zero-order chi connectivity index (χ0) is 23.4. The van der Waals surface area contributed by atoms with E-state index in [0.717, 1.165) is 16.9 Å². The van der Waals surface area contributed by atoms with Crippen molar-refractivity contribution in [3.8, 4) is 11.4 Å². The van der Waals surface area contributed by atoms with E-state index >= 15 is 0 Å². The molecule has 3 aromatic rings. The number of carbonyl (C=O) groups is 2. The van der Waals surface area contributed by atoms with Gasteiger partial charge in [0.05, 0.1) is 30.7 Å². The highest BCUT2D eigenvalue weighted by Gasteiger charge is 2.22. The van der Waals surface area contributed by atoms with Gasteiger partial charge in [-0.05, 0) is 62.2 Å². The fourth-order valence-electron chi connectivity index (χ4n) is 3.45. The van der Waals surface area contributed by atoms with Crippen LogP contribution in [0.1, 0.15) is 44.6 Å². The van der Waals surface area contributed by atoms with Gasteiger partial charge in [-0.2, -0.15) is 0 Å². The number of aromatic nitrogens is 2. The first-order chi connectivity index (χ1) is 15.3. The lowest BCUT2D eigenvalue weighted by atomic mass is 10.1. The maximum absolute atomic E-state index is 14.1. The number of aryl methyl sites for hydroxylation is 1. The van der Waals surface area contributed by atoms with Crippen LogP contribution in [0.2, 0.25) is 0 Å². The van der Waals surface area contributed by atoms with Gasteiger partial charge in [0, 0.05) is 13.6 Å². The van der Waals surface area contributed by atoms with Gasteiger partial charge in [-0.3, -0.25) is 4.79 Å². The lowest BCUT2D eigenvalue weighted by molar-refractivity contribution is 0.0519. The predicted molar refractivity (Wildman–Crippen MR) is 118 cm³/mol. The van der Waals surface area contributed by atoms with Crippen LogP contribution in [0.15, 0.2) is 42.7 Å². The predicted octanol–water partition coefficient (Wildman–Crippen LogP) is 4.09. The number of halogens is 1. The third kappa shape index (κ3) is 4.64. The molecule has 0 aliphatic heterocycles. The number of hydrogen-bond acceptors (Lipinski definition) is 5. The first kappa shape index (κ1) is 23.0. The first-order valence-corrected chi connectivity index (χ1v) is 10.2.